The van der Waals surface area contributed by atoms with Gasteiger partial charge in [0.25, 0.3) is 5.24 Å². The summed E-state index contributed by atoms with van der Waals surface area (Å²) in [5.41, 5.74) is 0. The topological polar surface area (TPSA) is 63.7 Å². The molecule has 0 aromatic carbocycles. The van der Waals surface area contributed by atoms with Gasteiger partial charge in [0.15, 0.2) is 0 Å². The van der Waals surface area contributed by atoms with Crippen molar-refractivity contribution in [3.05, 3.63) is 0 Å². The molecule has 0 unspecified atom stereocenters. The maximum atomic E-state index is 11.1. The SMILES string of the molecule is CC(C)OC(=O)CN1C(=O)CSC1=O. The zero-order chi connectivity index (χ0) is 10.7. The van der Waals surface area contributed by atoms with Gasteiger partial charge in [-0.3, -0.25) is 19.3 Å². The lowest BCUT2D eigenvalue weighted by atomic mass is 10.4. The van der Waals surface area contributed by atoms with Gasteiger partial charge in [-0.2, -0.15) is 0 Å². The minimum atomic E-state index is -0.552. The molecule has 1 rings (SSSR count). The molecule has 0 aromatic heterocycles. The van der Waals surface area contributed by atoms with Crippen LogP contribution in [0.1, 0.15) is 13.8 Å². The molecule has 0 aromatic rings. The molecule has 6 heteroatoms. The van der Waals surface area contributed by atoms with Gasteiger partial charge in [-0.05, 0) is 13.8 Å². The number of carbonyl (C=O) groups is 3. The van der Waals surface area contributed by atoms with E-state index in [2.05, 4.69) is 0 Å². The Labute approximate surface area is 85.8 Å². The molecular formula is C8H11NO4S. The first kappa shape index (κ1) is 11.0. The molecule has 1 aliphatic rings. The molecule has 14 heavy (non-hydrogen) atoms. The lowest BCUT2D eigenvalue weighted by Crippen LogP contribution is -2.35. The second-order valence-electron chi connectivity index (χ2n) is 3.07. The average Bonchev–Trinajstić information content (AvgIpc) is 2.34. The smallest absolute Gasteiger partial charge is 0.326 e. The zero-order valence-corrected chi connectivity index (χ0v) is 8.80. The Hall–Kier alpha value is -1.04. The Balaban J connectivity index is 2.47. The van der Waals surface area contributed by atoms with Crippen LogP contribution in [0.4, 0.5) is 4.79 Å². The number of hydrogen-bond donors (Lipinski definition) is 0. The van der Waals surface area contributed by atoms with Crippen molar-refractivity contribution in [1.82, 2.24) is 4.90 Å². The fraction of sp³-hybridized carbons (Fsp3) is 0.625. The zero-order valence-electron chi connectivity index (χ0n) is 7.98. The van der Waals surface area contributed by atoms with Crippen LogP contribution in [-0.4, -0.2) is 40.4 Å². The largest absolute Gasteiger partial charge is 0.462 e. The molecule has 1 saturated heterocycles. The highest BCUT2D eigenvalue weighted by Gasteiger charge is 2.31. The molecule has 2 amide bonds. The molecule has 0 spiro atoms. The van der Waals surface area contributed by atoms with Gasteiger partial charge in [0.2, 0.25) is 5.91 Å². The van der Waals surface area contributed by atoms with Crippen LogP contribution in [0.15, 0.2) is 0 Å². The van der Waals surface area contributed by atoms with Crippen LogP contribution in [0, 0.1) is 0 Å². The number of thioether (sulfide) groups is 1. The highest BCUT2D eigenvalue weighted by Crippen LogP contribution is 2.18. The first-order valence-electron chi connectivity index (χ1n) is 4.17. The fourth-order valence-corrected chi connectivity index (χ4v) is 1.69. The van der Waals surface area contributed by atoms with Gasteiger partial charge >= 0.3 is 5.97 Å². The standard InChI is InChI=1S/C8H11NO4S/c1-5(2)13-7(11)3-9-6(10)4-14-8(9)12/h5H,3-4H2,1-2H3. The number of nitrogens with zero attached hydrogens (tertiary/aromatic N) is 1. The molecule has 0 aliphatic carbocycles. The van der Waals surface area contributed by atoms with Gasteiger partial charge in [-0.15, -0.1) is 0 Å². The third-order valence-electron chi connectivity index (χ3n) is 1.49. The van der Waals surface area contributed by atoms with E-state index in [4.69, 9.17) is 4.74 Å². The van der Waals surface area contributed by atoms with Crippen molar-refractivity contribution in [3.8, 4) is 0 Å². The number of hydrogen-bond acceptors (Lipinski definition) is 5. The normalized spacial score (nSPS) is 16.6. The summed E-state index contributed by atoms with van der Waals surface area (Å²) in [5, 5.41) is -0.379. The van der Waals surface area contributed by atoms with Crippen molar-refractivity contribution in [2.45, 2.75) is 20.0 Å². The molecule has 0 N–H and O–H groups in total. The first-order valence-corrected chi connectivity index (χ1v) is 5.16. The van der Waals surface area contributed by atoms with E-state index in [-0.39, 0.29) is 29.5 Å². The van der Waals surface area contributed by atoms with Gasteiger partial charge in [0, 0.05) is 0 Å². The molecule has 1 aliphatic heterocycles. The molecular weight excluding hydrogens is 206 g/mol. The Morgan fingerprint density at radius 1 is 1.57 bits per heavy atom. The Morgan fingerprint density at radius 2 is 2.21 bits per heavy atom. The van der Waals surface area contributed by atoms with Crippen LogP contribution in [0.2, 0.25) is 0 Å². The van der Waals surface area contributed by atoms with Crippen molar-refractivity contribution in [3.63, 3.8) is 0 Å². The number of amides is 2. The van der Waals surface area contributed by atoms with E-state index in [0.717, 1.165) is 16.7 Å². The van der Waals surface area contributed by atoms with E-state index in [1.54, 1.807) is 13.8 Å². The van der Waals surface area contributed by atoms with Crippen LogP contribution >= 0.6 is 11.8 Å². The number of imide groups is 1. The molecule has 1 heterocycles. The highest BCUT2D eigenvalue weighted by atomic mass is 32.2. The Bertz CT molecular complexity index is 261. The highest BCUT2D eigenvalue weighted by molar-refractivity contribution is 8.14. The predicted molar refractivity (Wildman–Crippen MR) is 50.8 cm³/mol. The van der Waals surface area contributed by atoms with E-state index < -0.39 is 5.97 Å². The summed E-state index contributed by atoms with van der Waals surface area (Å²) in [4.78, 5) is 34.2. The second-order valence-corrected chi connectivity index (χ2v) is 4.00. The lowest BCUT2D eigenvalue weighted by Gasteiger charge is -2.13. The van der Waals surface area contributed by atoms with Crippen LogP contribution in [0.5, 0.6) is 0 Å². The minimum Gasteiger partial charge on any atom is -0.462 e. The third kappa shape index (κ3) is 2.73. The maximum Gasteiger partial charge on any atom is 0.326 e. The molecule has 78 valence electrons. The Morgan fingerprint density at radius 3 is 2.64 bits per heavy atom. The van der Waals surface area contributed by atoms with Crippen molar-refractivity contribution in [2.75, 3.05) is 12.3 Å². The summed E-state index contributed by atoms with van der Waals surface area (Å²) in [7, 11) is 0. The monoisotopic (exact) mass is 217 g/mol. The van der Waals surface area contributed by atoms with Gasteiger partial charge < -0.3 is 4.74 Å². The lowest BCUT2D eigenvalue weighted by molar-refractivity contribution is -0.150. The number of carbonyl (C=O) groups excluding carboxylic acids is 3. The summed E-state index contributed by atoms with van der Waals surface area (Å²) in [6, 6.07) is 0. The van der Waals surface area contributed by atoms with Crippen LogP contribution in [0.25, 0.3) is 0 Å². The van der Waals surface area contributed by atoms with Crippen LogP contribution < -0.4 is 0 Å². The molecule has 1 fully saturated rings. The van der Waals surface area contributed by atoms with Crippen LogP contribution in [0.3, 0.4) is 0 Å². The summed E-state index contributed by atoms with van der Waals surface area (Å²) in [6.07, 6.45) is -0.233. The molecule has 0 saturated carbocycles. The molecule has 0 radical (unpaired) electrons. The fourth-order valence-electron chi connectivity index (χ4n) is 0.963. The van der Waals surface area contributed by atoms with Gasteiger partial charge in [0.05, 0.1) is 11.9 Å². The molecule has 0 bridgehead atoms. The first-order chi connectivity index (χ1) is 6.50. The summed E-state index contributed by atoms with van der Waals surface area (Å²) in [5.74, 6) is -0.766. The van der Waals surface area contributed by atoms with Crippen LogP contribution in [-0.2, 0) is 14.3 Å². The van der Waals surface area contributed by atoms with E-state index in [1.807, 2.05) is 0 Å². The van der Waals surface area contributed by atoms with Gasteiger partial charge in [0.1, 0.15) is 6.54 Å². The van der Waals surface area contributed by atoms with E-state index in [1.165, 1.54) is 0 Å². The summed E-state index contributed by atoms with van der Waals surface area (Å²) in [6.45, 7) is 3.14. The van der Waals surface area contributed by atoms with Gasteiger partial charge in [-0.25, -0.2) is 0 Å². The van der Waals surface area contributed by atoms with Crippen molar-refractivity contribution in [2.24, 2.45) is 0 Å². The quantitative estimate of drug-likeness (QED) is 0.649. The number of esters is 1. The van der Waals surface area contributed by atoms with E-state index in [9.17, 15) is 14.4 Å². The molecule has 5 nitrogen and oxygen atoms in total. The summed E-state index contributed by atoms with van der Waals surface area (Å²) >= 11 is 0.904. The second kappa shape index (κ2) is 4.45. The number of ether oxygens (including phenoxy) is 1. The number of rotatable bonds is 3. The maximum absolute atomic E-state index is 11.1. The summed E-state index contributed by atoms with van der Waals surface area (Å²) < 4.78 is 4.81. The Kier molecular flexibility index (Phi) is 3.51. The van der Waals surface area contributed by atoms with E-state index in [0.29, 0.717) is 0 Å². The molecule has 0 atom stereocenters. The van der Waals surface area contributed by atoms with Crippen molar-refractivity contribution >= 4 is 28.9 Å². The predicted octanol–water partition coefficient (Wildman–Crippen LogP) is 0.633. The average molecular weight is 217 g/mol. The van der Waals surface area contributed by atoms with Crippen molar-refractivity contribution in [1.29, 1.82) is 0 Å². The minimum absolute atomic E-state index is 0.119. The van der Waals surface area contributed by atoms with E-state index >= 15 is 0 Å². The van der Waals surface area contributed by atoms with Gasteiger partial charge in [-0.1, -0.05) is 11.8 Å². The third-order valence-corrected chi connectivity index (χ3v) is 2.35. The van der Waals surface area contributed by atoms with Crippen molar-refractivity contribution < 1.29 is 19.1 Å².